The molecule has 0 spiro atoms. The highest BCUT2D eigenvalue weighted by Gasteiger charge is 2.20. The molecule has 0 aromatic heterocycles. The summed E-state index contributed by atoms with van der Waals surface area (Å²) in [6.07, 6.45) is 0. The summed E-state index contributed by atoms with van der Waals surface area (Å²) in [5.74, 6) is -0.167. The maximum Gasteiger partial charge on any atom is 0.293 e. The number of carbonyl (C=O) groups excluding carboxylic acids is 1. The van der Waals surface area contributed by atoms with Crippen molar-refractivity contribution >= 4 is 28.9 Å². The first-order chi connectivity index (χ1) is 8.32. The smallest absolute Gasteiger partial charge is 0.293 e. The lowest BCUT2D eigenvalue weighted by Gasteiger charge is -2.18. The van der Waals surface area contributed by atoms with Gasteiger partial charge in [0.05, 0.1) is 4.92 Å². The Morgan fingerprint density at radius 1 is 1.50 bits per heavy atom. The van der Waals surface area contributed by atoms with Crippen LogP contribution in [-0.2, 0) is 4.79 Å². The topological polar surface area (TPSA) is 75.5 Å². The zero-order valence-corrected chi connectivity index (χ0v) is 11.1. The third-order valence-corrected chi connectivity index (χ3v) is 2.57. The van der Waals surface area contributed by atoms with Crippen molar-refractivity contribution in [1.29, 1.82) is 0 Å². The van der Waals surface area contributed by atoms with Gasteiger partial charge in [0, 0.05) is 25.2 Å². The summed E-state index contributed by atoms with van der Waals surface area (Å²) in [6, 6.07) is 3.71. The minimum absolute atomic E-state index is 0.152. The molecule has 0 radical (unpaired) electrons. The van der Waals surface area contributed by atoms with Crippen molar-refractivity contribution < 1.29 is 9.72 Å². The first-order valence-corrected chi connectivity index (χ1v) is 5.62. The summed E-state index contributed by atoms with van der Waals surface area (Å²) < 4.78 is 0. The lowest BCUT2D eigenvalue weighted by molar-refractivity contribution is -0.384. The first kappa shape index (κ1) is 14.2. The number of nitro groups is 1. The molecule has 0 aliphatic rings. The van der Waals surface area contributed by atoms with Gasteiger partial charge in [0.2, 0.25) is 5.91 Å². The van der Waals surface area contributed by atoms with Gasteiger partial charge in [-0.15, -0.1) is 0 Å². The Bertz CT molecular complexity index is 477. The van der Waals surface area contributed by atoms with Crippen molar-refractivity contribution in [2.45, 2.75) is 13.0 Å². The van der Waals surface area contributed by atoms with E-state index in [0.717, 1.165) is 0 Å². The van der Waals surface area contributed by atoms with E-state index in [4.69, 9.17) is 11.6 Å². The van der Waals surface area contributed by atoms with Crippen LogP contribution in [-0.4, -0.2) is 35.9 Å². The molecule has 0 heterocycles. The molecule has 1 aromatic rings. The number of rotatable bonds is 4. The molecule has 0 saturated carbocycles. The van der Waals surface area contributed by atoms with Crippen LogP contribution in [0.5, 0.6) is 0 Å². The molecule has 1 atom stereocenters. The van der Waals surface area contributed by atoms with Crippen LogP contribution >= 0.6 is 11.6 Å². The Kier molecular flexibility index (Phi) is 4.49. The number of anilines is 1. The molecule has 0 fully saturated rings. The van der Waals surface area contributed by atoms with Gasteiger partial charge in [0.1, 0.15) is 11.7 Å². The molecule has 0 unspecified atom stereocenters. The number of amides is 1. The standard InChI is InChI=1S/C11H14ClN3O3/c1-7(11(16)14(2)3)13-9-5-4-8(12)6-10(9)15(17)18/h4-7,13H,1-3H3/t7-/m0/s1. The Balaban J connectivity index is 2.97. The molecule has 1 rings (SSSR count). The van der Waals surface area contributed by atoms with E-state index < -0.39 is 11.0 Å². The van der Waals surface area contributed by atoms with E-state index in [-0.39, 0.29) is 22.3 Å². The van der Waals surface area contributed by atoms with Gasteiger partial charge < -0.3 is 10.2 Å². The van der Waals surface area contributed by atoms with Crippen LogP contribution < -0.4 is 5.32 Å². The Hall–Kier alpha value is -1.82. The van der Waals surface area contributed by atoms with E-state index in [1.54, 1.807) is 21.0 Å². The molecule has 0 aliphatic heterocycles. The zero-order valence-electron chi connectivity index (χ0n) is 10.3. The number of hydrogen-bond donors (Lipinski definition) is 1. The fourth-order valence-electron chi connectivity index (χ4n) is 1.46. The van der Waals surface area contributed by atoms with E-state index in [1.165, 1.54) is 23.1 Å². The second kappa shape index (κ2) is 5.68. The molecule has 0 aliphatic carbocycles. The van der Waals surface area contributed by atoms with Crippen molar-refractivity contribution in [3.63, 3.8) is 0 Å². The zero-order chi connectivity index (χ0) is 13.9. The summed E-state index contributed by atoms with van der Waals surface area (Å²) in [4.78, 5) is 23.4. The normalized spacial score (nSPS) is 11.8. The van der Waals surface area contributed by atoms with E-state index in [2.05, 4.69) is 5.32 Å². The monoisotopic (exact) mass is 271 g/mol. The third kappa shape index (κ3) is 3.33. The van der Waals surface area contributed by atoms with Gasteiger partial charge in [0.25, 0.3) is 5.69 Å². The minimum Gasteiger partial charge on any atom is -0.368 e. The summed E-state index contributed by atoms with van der Waals surface area (Å²) in [5, 5.41) is 14.0. The number of hydrogen-bond acceptors (Lipinski definition) is 4. The second-order valence-corrected chi connectivity index (χ2v) is 4.45. The average molecular weight is 272 g/mol. The molecule has 6 nitrogen and oxygen atoms in total. The van der Waals surface area contributed by atoms with Gasteiger partial charge in [-0.2, -0.15) is 0 Å². The van der Waals surface area contributed by atoms with Gasteiger partial charge in [-0.3, -0.25) is 14.9 Å². The lowest BCUT2D eigenvalue weighted by atomic mass is 10.2. The number of nitrogens with zero attached hydrogens (tertiary/aromatic N) is 2. The highest BCUT2D eigenvalue weighted by atomic mass is 35.5. The van der Waals surface area contributed by atoms with Gasteiger partial charge in [-0.25, -0.2) is 0 Å². The molecule has 7 heteroatoms. The molecular weight excluding hydrogens is 258 g/mol. The van der Waals surface area contributed by atoms with Crippen LogP contribution in [0.1, 0.15) is 6.92 Å². The fourth-order valence-corrected chi connectivity index (χ4v) is 1.63. The number of halogens is 1. The summed E-state index contributed by atoms with van der Waals surface area (Å²) in [6.45, 7) is 1.64. The highest BCUT2D eigenvalue weighted by molar-refractivity contribution is 6.30. The molecule has 98 valence electrons. The van der Waals surface area contributed by atoms with Crippen molar-refractivity contribution in [2.75, 3.05) is 19.4 Å². The van der Waals surface area contributed by atoms with Crippen molar-refractivity contribution in [3.8, 4) is 0 Å². The molecule has 1 N–H and O–H groups in total. The molecular formula is C11H14ClN3O3. The lowest BCUT2D eigenvalue weighted by Crippen LogP contribution is -2.36. The van der Waals surface area contributed by atoms with Crippen LogP contribution in [0.15, 0.2) is 18.2 Å². The van der Waals surface area contributed by atoms with E-state index in [1.807, 2.05) is 0 Å². The largest absolute Gasteiger partial charge is 0.368 e. The first-order valence-electron chi connectivity index (χ1n) is 5.24. The summed E-state index contributed by atoms with van der Waals surface area (Å²) in [7, 11) is 3.24. The molecule has 0 bridgehead atoms. The summed E-state index contributed by atoms with van der Waals surface area (Å²) >= 11 is 5.70. The van der Waals surface area contributed by atoms with Gasteiger partial charge >= 0.3 is 0 Å². The highest BCUT2D eigenvalue weighted by Crippen LogP contribution is 2.28. The average Bonchev–Trinajstić information content (AvgIpc) is 2.29. The molecule has 18 heavy (non-hydrogen) atoms. The van der Waals surface area contributed by atoms with Gasteiger partial charge in [-0.1, -0.05) is 11.6 Å². The predicted octanol–water partition coefficient (Wildman–Crippen LogP) is 2.14. The number of nitro benzene ring substituents is 1. The molecule has 1 aromatic carbocycles. The van der Waals surface area contributed by atoms with Crippen LogP contribution in [0.4, 0.5) is 11.4 Å². The number of likely N-dealkylation sites (N-methyl/N-ethyl adjacent to an activating group) is 1. The maximum absolute atomic E-state index is 11.7. The SMILES string of the molecule is C[C@H](Nc1ccc(Cl)cc1[N+](=O)[O-])C(=O)N(C)C. The minimum atomic E-state index is -0.556. The van der Waals surface area contributed by atoms with Crippen LogP contribution in [0, 0.1) is 10.1 Å². The van der Waals surface area contributed by atoms with E-state index >= 15 is 0 Å². The van der Waals surface area contributed by atoms with Crippen LogP contribution in [0.2, 0.25) is 5.02 Å². The van der Waals surface area contributed by atoms with Crippen molar-refractivity contribution in [3.05, 3.63) is 33.3 Å². The second-order valence-electron chi connectivity index (χ2n) is 4.02. The van der Waals surface area contributed by atoms with E-state index in [0.29, 0.717) is 0 Å². The Labute approximate surface area is 110 Å². The third-order valence-electron chi connectivity index (χ3n) is 2.34. The van der Waals surface area contributed by atoms with Crippen LogP contribution in [0.25, 0.3) is 0 Å². The van der Waals surface area contributed by atoms with E-state index in [9.17, 15) is 14.9 Å². The molecule has 0 saturated heterocycles. The number of benzene rings is 1. The quantitative estimate of drug-likeness (QED) is 0.672. The Morgan fingerprint density at radius 2 is 2.11 bits per heavy atom. The molecule has 1 amide bonds. The van der Waals surface area contributed by atoms with Crippen molar-refractivity contribution in [1.82, 2.24) is 4.90 Å². The Morgan fingerprint density at radius 3 is 2.61 bits per heavy atom. The number of carbonyl (C=O) groups is 1. The van der Waals surface area contributed by atoms with Gasteiger partial charge in [0.15, 0.2) is 0 Å². The summed E-state index contributed by atoms with van der Waals surface area (Å²) in [5.41, 5.74) is 0.119. The van der Waals surface area contributed by atoms with Gasteiger partial charge in [-0.05, 0) is 19.1 Å². The maximum atomic E-state index is 11.7. The van der Waals surface area contributed by atoms with Crippen molar-refractivity contribution in [2.24, 2.45) is 0 Å². The fraction of sp³-hybridized carbons (Fsp3) is 0.364. The predicted molar refractivity (Wildman–Crippen MR) is 69.9 cm³/mol. The number of nitrogens with one attached hydrogen (secondary N) is 1. The van der Waals surface area contributed by atoms with Crippen LogP contribution in [0.3, 0.4) is 0 Å².